The summed E-state index contributed by atoms with van der Waals surface area (Å²) in [4.78, 5) is 70.6. The number of H-pyrrole nitrogens is 1. The number of aromatic amines is 1. The Bertz CT molecular complexity index is 3060. The fourth-order valence-corrected chi connectivity index (χ4v) is 12.4. The van der Waals surface area contributed by atoms with E-state index in [1.165, 1.54) is 27.3 Å². The van der Waals surface area contributed by atoms with Crippen molar-refractivity contribution in [3.63, 3.8) is 0 Å². The third-order valence-corrected chi connectivity index (χ3v) is 16.8. The summed E-state index contributed by atoms with van der Waals surface area (Å²) in [6, 6.07) is 18.7. The van der Waals surface area contributed by atoms with Crippen LogP contribution in [0.5, 0.6) is 5.75 Å². The second-order valence-electron chi connectivity index (χ2n) is 20.4. The molecule has 3 fully saturated rings. The number of aromatic nitrogens is 4. The van der Waals surface area contributed by atoms with Crippen LogP contribution in [-0.2, 0) is 16.1 Å². The third kappa shape index (κ3) is 12.2. The molecule has 1 atom stereocenters. The monoisotopic (exact) mass is 1050 g/mol. The molecular formula is C56H66Cl2N8O6S. The van der Waals surface area contributed by atoms with Crippen molar-refractivity contribution in [1.82, 2.24) is 34.2 Å². The molecule has 5 heterocycles. The van der Waals surface area contributed by atoms with Gasteiger partial charge in [0.1, 0.15) is 17.4 Å². The van der Waals surface area contributed by atoms with E-state index >= 15 is 0 Å². The third-order valence-electron chi connectivity index (χ3n) is 15.1. The summed E-state index contributed by atoms with van der Waals surface area (Å²) in [6.45, 7) is 9.09. The van der Waals surface area contributed by atoms with Gasteiger partial charge in [0.15, 0.2) is 0 Å². The van der Waals surface area contributed by atoms with Crippen LogP contribution in [0, 0.1) is 24.7 Å². The molecule has 17 heteroatoms. The minimum atomic E-state index is -0.622. The second kappa shape index (κ2) is 23.3. The smallest absolute Gasteiger partial charge is 0.332 e. The topological polar surface area (TPSA) is 155 Å². The Kier molecular flexibility index (Phi) is 16.7. The van der Waals surface area contributed by atoms with E-state index in [1.807, 2.05) is 30.0 Å². The SMILES string of the molecule is COc1cc2nc(C)nc(N[C@H](C)c3cc(-c4c(Cl)cccc4CN(C)C)cs3)c2cc1C1CCC(C(=O)N2CCC(COCCC3CCN(C(=O)c4ccc(Cl)c(-n5ccc(=O)[nH]c5=O)c4)CC3)CC2)CC1. The summed E-state index contributed by atoms with van der Waals surface area (Å²) >= 11 is 14.9. The molecule has 1 saturated carbocycles. The summed E-state index contributed by atoms with van der Waals surface area (Å²) in [5.41, 5.74) is 5.01. The zero-order valence-corrected chi connectivity index (χ0v) is 44.8. The number of hydrogen-bond acceptors (Lipinski definition) is 11. The zero-order chi connectivity index (χ0) is 51.3. The second-order valence-corrected chi connectivity index (χ2v) is 22.2. The molecule has 0 spiro atoms. The van der Waals surface area contributed by atoms with Gasteiger partial charge in [0, 0.05) is 96.6 Å². The van der Waals surface area contributed by atoms with Gasteiger partial charge in [-0.2, -0.15) is 0 Å². The van der Waals surface area contributed by atoms with Gasteiger partial charge in [0.2, 0.25) is 5.91 Å². The number of carbonyl (C=O) groups is 2. The molecule has 2 saturated heterocycles. The number of anilines is 1. The molecular weight excluding hydrogens is 984 g/mol. The van der Waals surface area contributed by atoms with Crippen LogP contribution in [0.4, 0.5) is 5.82 Å². The molecule has 73 heavy (non-hydrogen) atoms. The van der Waals surface area contributed by atoms with Gasteiger partial charge < -0.3 is 29.5 Å². The van der Waals surface area contributed by atoms with Crippen LogP contribution in [0.2, 0.25) is 10.0 Å². The van der Waals surface area contributed by atoms with Crippen molar-refractivity contribution in [3.05, 3.63) is 131 Å². The number of halogens is 2. The number of nitrogens with one attached hydrogen (secondary N) is 2. The Balaban J connectivity index is 0.724. The number of thiophene rings is 1. The van der Waals surface area contributed by atoms with E-state index in [2.05, 4.69) is 64.7 Å². The summed E-state index contributed by atoms with van der Waals surface area (Å²) in [5.74, 6) is 3.67. The van der Waals surface area contributed by atoms with Gasteiger partial charge in [0.05, 0.1) is 29.4 Å². The molecule has 386 valence electrons. The lowest BCUT2D eigenvalue weighted by Crippen LogP contribution is -2.43. The molecule has 1 aliphatic carbocycles. The Morgan fingerprint density at radius 2 is 1.63 bits per heavy atom. The lowest BCUT2D eigenvalue weighted by molar-refractivity contribution is -0.138. The van der Waals surface area contributed by atoms with Crippen LogP contribution in [0.1, 0.15) is 109 Å². The molecule has 2 aliphatic heterocycles. The predicted octanol–water partition coefficient (Wildman–Crippen LogP) is 10.5. The van der Waals surface area contributed by atoms with Gasteiger partial charge in [-0.15, -0.1) is 11.3 Å². The van der Waals surface area contributed by atoms with Crippen molar-refractivity contribution in [2.75, 3.05) is 65.9 Å². The number of nitrogens with zero attached hydrogens (tertiary/aromatic N) is 6. The number of rotatable bonds is 16. The standard InChI is InChI=1S/C56H66Cl2N8O6S/c1-34(50-28-42(33-73-50)52-41(31-63(3)4)7-6-8-46(52)58)59-53-44-29-43(49(71-5)30-47(44)60-35(2)61-53)38-9-11-39(12-10-38)54(68)64-23-17-37(18-24-64)32-72-26-20-36-15-21-65(22-16-36)55(69)40-13-14-45(57)48(27-40)66-25-19-51(67)62-56(66)70/h6-8,13-14,19,25,27-30,33-34,36-39H,9-12,15-18,20-24,26,31-32H2,1-5H3,(H,59,60,61)(H,62,67,70)/t34-,38?,39?/m1/s1. The lowest BCUT2D eigenvalue weighted by Gasteiger charge is -2.36. The van der Waals surface area contributed by atoms with E-state index in [0.717, 1.165) is 122 Å². The number of piperidine rings is 2. The van der Waals surface area contributed by atoms with Crippen molar-refractivity contribution < 1.29 is 19.1 Å². The number of ether oxygens (including phenoxy) is 2. The number of fused-ring (bicyclic) bond motifs is 1. The first kappa shape index (κ1) is 52.3. The van der Waals surface area contributed by atoms with Crippen molar-refractivity contribution in [1.29, 1.82) is 0 Å². The minimum Gasteiger partial charge on any atom is -0.496 e. The van der Waals surface area contributed by atoms with Crippen LogP contribution in [0.15, 0.2) is 81.8 Å². The number of likely N-dealkylation sites (tertiary alicyclic amines) is 2. The first-order valence-corrected chi connectivity index (χ1v) is 27.3. The Morgan fingerprint density at radius 3 is 2.36 bits per heavy atom. The molecule has 3 aliphatic rings. The number of methoxy groups -OCH3 is 1. The highest BCUT2D eigenvalue weighted by Crippen LogP contribution is 2.44. The predicted molar refractivity (Wildman–Crippen MR) is 291 cm³/mol. The van der Waals surface area contributed by atoms with Crippen molar-refractivity contribution in [2.24, 2.45) is 17.8 Å². The van der Waals surface area contributed by atoms with Crippen LogP contribution >= 0.6 is 34.5 Å². The molecule has 14 nitrogen and oxygen atoms in total. The average molecular weight is 1050 g/mol. The quantitative estimate of drug-likeness (QED) is 0.0895. The van der Waals surface area contributed by atoms with Crippen LogP contribution in [-0.4, -0.2) is 107 Å². The molecule has 2 N–H and O–H groups in total. The van der Waals surface area contributed by atoms with E-state index < -0.39 is 11.2 Å². The van der Waals surface area contributed by atoms with E-state index in [0.29, 0.717) is 66.1 Å². The van der Waals surface area contributed by atoms with Gasteiger partial charge in [0.25, 0.3) is 11.5 Å². The maximum atomic E-state index is 13.9. The van der Waals surface area contributed by atoms with Crippen molar-refractivity contribution in [2.45, 2.75) is 90.1 Å². The van der Waals surface area contributed by atoms with Gasteiger partial charge in [-0.05, 0) is 162 Å². The molecule has 9 rings (SSSR count). The first-order valence-electron chi connectivity index (χ1n) is 25.6. The van der Waals surface area contributed by atoms with Crippen LogP contribution < -0.4 is 21.3 Å². The van der Waals surface area contributed by atoms with Gasteiger partial charge in [-0.1, -0.05) is 35.3 Å². The summed E-state index contributed by atoms with van der Waals surface area (Å²) in [6.07, 6.45) is 9.48. The molecule has 0 bridgehead atoms. The summed E-state index contributed by atoms with van der Waals surface area (Å²) in [5, 5.41) is 7.94. The number of benzene rings is 3. The molecule has 3 aromatic heterocycles. The largest absolute Gasteiger partial charge is 0.496 e. The highest BCUT2D eigenvalue weighted by molar-refractivity contribution is 7.10. The minimum absolute atomic E-state index is 0.0188. The maximum absolute atomic E-state index is 13.9. The van der Waals surface area contributed by atoms with E-state index in [1.54, 1.807) is 36.6 Å². The van der Waals surface area contributed by atoms with Crippen molar-refractivity contribution >= 4 is 63.1 Å². The lowest BCUT2D eigenvalue weighted by atomic mass is 9.77. The molecule has 2 amide bonds. The van der Waals surface area contributed by atoms with Crippen LogP contribution in [0.3, 0.4) is 0 Å². The summed E-state index contributed by atoms with van der Waals surface area (Å²) in [7, 11) is 5.86. The zero-order valence-electron chi connectivity index (χ0n) is 42.4. The van der Waals surface area contributed by atoms with Gasteiger partial charge in [-0.25, -0.2) is 14.8 Å². The molecule has 6 aromatic rings. The summed E-state index contributed by atoms with van der Waals surface area (Å²) < 4.78 is 13.5. The Labute approximate surface area is 441 Å². The maximum Gasteiger partial charge on any atom is 0.332 e. The first-order chi connectivity index (χ1) is 35.2. The molecule has 0 radical (unpaired) electrons. The molecule has 0 unspecified atom stereocenters. The Morgan fingerprint density at radius 1 is 0.890 bits per heavy atom. The van der Waals surface area contributed by atoms with E-state index in [9.17, 15) is 19.2 Å². The normalized spacial score (nSPS) is 18.4. The number of aryl methyl sites for hydroxylation is 1. The van der Waals surface area contributed by atoms with Crippen LogP contribution in [0.25, 0.3) is 27.7 Å². The Hall–Kier alpha value is -5.58. The fraction of sp³-hybridized carbons (Fsp3) is 0.464. The number of carbonyl (C=O) groups excluding carboxylic acids is 2. The fourth-order valence-electron chi connectivity index (χ4n) is 11.0. The molecule has 3 aromatic carbocycles. The van der Waals surface area contributed by atoms with E-state index in [-0.39, 0.29) is 23.8 Å². The highest BCUT2D eigenvalue weighted by Gasteiger charge is 2.34. The average Bonchev–Trinajstić information content (AvgIpc) is 3.88. The number of hydrogen-bond donors (Lipinski definition) is 2. The van der Waals surface area contributed by atoms with Crippen molar-refractivity contribution in [3.8, 4) is 22.6 Å². The van der Waals surface area contributed by atoms with E-state index in [4.69, 9.17) is 42.6 Å². The highest BCUT2D eigenvalue weighted by atomic mass is 35.5. The number of amides is 2. The van der Waals surface area contributed by atoms with Gasteiger partial charge in [-0.3, -0.25) is 23.9 Å². The van der Waals surface area contributed by atoms with Gasteiger partial charge >= 0.3 is 5.69 Å².